The van der Waals surface area contributed by atoms with E-state index in [2.05, 4.69) is 207 Å². The number of halogens is 1. The molecule has 41 heavy (non-hydrogen) atoms. The molecule has 0 spiro atoms. The van der Waals surface area contributed by atoms with Crippen molar-refractivity contribution in [3.8, 4) is 0 Å². The van der Waals surface area contributed by atoms with Crippen LogP contribution < -0.4 is 31.8 Å². The first-order valence-electron chi connectivity index (χ1n) is 13.1. The van der Waals surface area contributed by atoms with Crippen molar-refractivity contribution in [1.82, 2.24) is 0 Å². The van der Waals surface area contributed by atoms with E-state index in [1.807, 2.05) is 0 Å². The molecule has 209 valence electrons. The Labute approximate surface area is 260 Å². The SMILES string of the molecule is [CH3-].[Cl][Ni].c1ccc([PH+](c2ccccc2)c2ccccc2)cc1.c1ccc([PH+](c2ccccc2)c2ccccc2)cc1. The van der Waals surface area contributed by atoms with Crippen molar-refractivity contribution in [2.75, 3.05) is 0 Å². The van der Waals surface area contributed by atoms with Crippen LogP contribution in [0.5, 0.6) is 0 Å². The maximum absolute atomic E-state index is 4.26. The van der Waals surface area contributed by atoms with E-state index in [-0.39, 0.29) is 7.43 Å². The summed E-state index contributed by atoms with van der Waals surface area (Å²) in [6.45, 7) is 0. The van der Waals surface area contributed by atoms with Gasteiger partial charge in [0.05, 0.1) is 15.8 Å². The average molecular weight is 636 g/mol. The van der Waals surface area contributed by atoms with E-state index in [4.69, 9.17) is 0 Å². The van der Waals surface area contributed by atoms with Crippen LogP contribution in [0.3, 0.4) is 0 Å². The third-order valence-electron chi connectivity index (χ3n) is 6.37. The molecule has 0 atom stereocenters. The Hall–Kier alpha value is -3.04. The van der Waals surface area contributed by atoms with Gasteiger partial charge in [0.15, 0.2) is 0 Å². The molecule has 0 heterocycles. The fourth-order valence-electron chi connectivity index (χ4n) is 4.63. The fourth-order valence-corrected chi connectivity index (χ4v) is 9.78. The molecule has 0 aromatic heterocycles. The molecular formula is C37H35ClNiP2+. The summed E-state index contributed by atoms with van der Waals surface area (Å²) in [5, 5.41) is 8.61. The quantitative estimate of drug-likeness (QED) is 0.101. The van der Waals surface area contributed by atoms with Gasteiger partial charge >= 0.3 is 24.8 Å². The van der Waals surface area contributed by atoms with E-state index in [1.54, 1.807) is 0 Å². The molecule has 0 fully saturated rings. The van der Waals surface area contributed by atoms with E-state index in [1.165, 1.54) is 31.8 Å². The summed E-state index contributed by atoms with van der Waals surface area (Å²) in [6, 6.07) is 65.0. The van der Waals surface area contributed by atoms with Crippen LogP contribution in [-0.2, 0) is 14.6 Å². The largest absolute Gasteiger partial charge is 0.102 e. The summed E-state index contributed by atoms with van der Waals surface area (Å²) in [5.41, 5.74) is 0. The number of benzene rings is 6. The zero-order chi connectivity index (χ0) is 27.8. The van der Waals surface area contributed by atoms with Crippen LogP contribution in [0.1, 0.15) is 0 Å². The van der Waals surface area contributed by atoms with Gasteiger partial charge in [-0.05, 0) is 72.8 Å². The molecule has 0 radical (unpaired) electrons. The Bertz CT molecular complexity index is 1180. The molecule has 0 amide bonds. The molecule has 0 aliphatic carbocycles. The molecule has 0 nitrogen and oxygen atoms in total. The normalized spacial score (nSPS) is 9.98. The Balaban J connectivity index is 0.000000208. The van der Waals surface area contributed by atoms with Gasteiger partial charge in [-0.1, -0.05) is 109 Å². The minimum absolute atomic E-state index is 0. The summed E-state index contributed by atoms with van der Waals surface area (Å²) in [4.78, 5) is 0. The summed E-state index contributed by atoms with van der Waals surface area (Å²) in [7, 11) is 2.51. The standard InChI is InChI=1S/2C18H15P.CH3.ClH.Ni/c2*1-4-10-16(11-5-1)19(17-12-6-2-7-13-17)18-14-8-3-9-15-18;;;/h2*1-15H;1H3;1H;/q;;-1;;+1/p+1. The van der Waals surface area contributed by atoms with Crippen LogP contribution >= 0.6 is 26.0 Å². The van der Waals surface area contributed by atoms with Gasteiger partial charge in [0.2, 0.25) is 0 Å². The molecule has 0 aliphatic rings. The van der Waals surface area contributed by atoms with Crippen LogP contribution in [-0.4, -0.2) is 0 Å². The maximum atomic E-state index is 4.26. The second-order valence-electron chi connectivity index (χ2n) is 8.95. The van der Waals surface area contributed by atoms with Gasteiger partial charge in [0.25, 0.3) is 0 Å². The third-order valence-corrected chi connectivity index (χ3v) is 11.8. The molecule has 6 aromatic rings. The van der Waals surface area contributed by atoms with Crippen LogP contribution in [0.15, 0.2) is 182 Å². The maximum Gasteiger partial charge on any atom is 0.102 e. The van der Waals surface area contributed by atoms with Crippen molar-refractivity contribution in [2.45, 2.75) is 0 Å². The summed E-state index contributed by atoms with van der Waals surface area (Å²) in [5.74, 6) is 0. The van der Waals surface area contributed by atoms with Crippen molar-refractivity contribution >= 4 is 57.9 Å². The molecule has 0 N–H and O–H groups in total. The van der Waals surface area contributed by atoms with E-state index in [0.717, 1.165) is 0 Å². The van der Waals surface area contributed by atoms with Crippen LogP contribution in [0.2, 0.25) is 0 Å². The van der Waals surface area contributed by atoms with Gasteiger partial charge < -0.3 is 7.43 Å². The van der Waals surface area contributed by atoms with Gasteiger partial charge in [0, 0.05) is 0 Å². The Morgan fingerprint density at radius 1 is 0.268 bits per heavy atom. The Kier molecular flexibility index (Phi) is 14.6. The molecule has 0 unspecified atom stereocenters. The predicted molar refractivity (Wildman–Crippen MR) is 185 cm³/mol. The van der Waals surface area contributed by atoms with E-state index < -0.39 is 15.8 Å². The second kappa shape index (κ2) is 18.4. The minimum atomic E-state index is -0.877. The fraction of sp³-hybridized carbons (Fsp3) is 0. The van der Waals surface area contributed by atoms with E-state index in [0.29, 0.717) is 0 Å². The van der Waals surface area contributed by atoms with Gasteiger partial charge in [-0.2, -0.15) is 0 Å². The number of hydrogen-bond acceptors (Lipinski definition) is 0. The average Bonchev–Trinajstić information content (AvgIpc) is 3.06. The third kappa shape index (κ3) is 9.50. The molecule has 0 saturated heterocycles. The van der Waals surface area contributed by atoms with Gasteiger partial charge in [0.1, 0.15) is 31.8 Å². The minimum Gasteiger partial charge on any atom is -0.0620 e. The number of rotatable bonds is 6. The van der Waals surface area contributed by atoms with Crippen molar-refractivity contribution in [3.63, 3.8) is 0 Å². The van der Waals surface area contributed by atoms with Crippen molar-refractivity contribution in [3.05, 3.63) is 189 Å². The second-order valence-corrected chi connectivity index (χ2v) is 13.9. The molecule has 0 aliphatic heterocycles. The van der Waals surface area contributed by atoms with Gasteiger partial charge in [-0.3, -0.25) is 0 Å². The molecule has 0 bridgehead atoms. The Morgan fingerprint density at radius 3 is 0.512 bits per heavy atom. The van der Waals surface area contributed by atoms with Crippen molar-refractivity contribution in [2.24, 2.45) is 0 Å². The van der Waals surface area contributed by atoms with Gasteiger partial charge in [-0.25, -0.2) is 0 Å². The first-order chi connectivity index (χ1) is 19.9. The van der Waals surface area contributed by atoms with E-state index >= 15 is 0 Å². The molecule has 6 aromatic carbocycles. The Morgan fingerprint density at radius 2 is 0.390 bits per heavy atom. The predicted octanol–water partition coefficient (Wildman–Crippen LogP) is 7.49. The molecule has 6 rings (SSSR count). The molecular weight excluding hydrogens is 601 g/mol. The zero-order valence-corrected chi connectivity index (χ0v) is 26.8. The van der Waals surface area contributed by atoms with Crippen molar-refractivity contribution in [1.29, 1.82) is 0 Å². The van der Waals surface area contributed by atoms with Crippen LogP contribution in [0.25, 0.3) is 0 Å². The first-order valence-corrected chi connectivity index (χ1v) is 17.4. The molecule has 4 heteroatoms. The zero-order valence-electron chi connectivity index (χ0n) is 23.0. The summed E-state index contributed by atoms with van der Waals surface area (Å²) in [6.07, 6.45) is 0. The van der Waals surface area contributed by atoms with Gasteiger partial charge in [-0.15, -0.1) is 0 Å². The monoisotopic (exact) mass is 634 g/mol. The molecule has 0 saturated carbocycles. The summed E-state index contributed by atoms with van der Waals surface area (Å²) >= 11 is 3.35. The van der Waals surface area contributed by atoms with Crippen LogP contribution in [0, 0.1) is 7.43 Å². The van der Waals surface area contributed by atoms with Crippen LogP contribution in [0.4, 0.5) is 0 Å². The smallest absolute Gasteiger partial charge is 0.0620 e. The van der Waals surface area contributed by atoms with Crippen molar-refractivity contribution < 1.29 is 14.6 Å². The topological polar surface area (TPSA) is 0 Å². The number of hydrogen-bond donors (Lipinski definition) is 0. The first kappa shape index (κ1) is 32.5. The van der Waals surface area contributed by atoms with E-state index in [9.17, 15) is 0 Å². The summed E-state index contributed by atoms with van der Waals surface area (Å²) < 4.78 is 0.